The number of aliphatic hydroxyl groups is 1. The number of hydrogen-bond donors (Lipinski definition) is 2. The number of quaternary nitrogens is 1. The quantitative estimate of drug-likeness (QED) is 0.464. The Hall–Kier alpha value is -1.27. The van der Waals surface area contributed by atoms with Crippen molar-refractivity contribution in [1.29, 1.82) is 0 Å². The highest BCUT2D eigenvalue weighted by molar-refractivity contribution is 6.03. The van der Waals surface area contributed by atoms with E-state index in [1.54, 1.807) is 21.1 Å². The summed E-state index contributed by atoms with van der Waals surface area (Å²) in [6.07, 6.45) is -1.13. The van der Waals surface area contributed by atoms with Gasteiger partial charge in [0.1, 0.15) is 12.3 Å². The van der Waals surface area contributed by atoms with Gasteiger partial charge in [0.25, 0.3) is 0 Å². The first-order valence-corrected chi connectivity index (χ1v) is 5.24. The fourth-order valence-corrected chi connectivity index (χ4v) is 1.67. The van der Waals surface area contributed by atoms with Crippen LogP contribution in [0.1, 0.15) is 19.8 Å². The molecule has 0 saturated carbocycles. The minimum atomic E-state index is -1.99. The lowest BCUT2D eigenvalue weighted by molar-refractivity contribution is -0.875. The van der Waals surface area contributed by atoms with E-state index in [-0.39, 0.29) is 16.8 Å². The minimum absolute atomic E-state index is 0.0502. The Balaban J connectivity index is 5.02. The summed E-state index contributed by atoms with van der Waals surface area (Å²) in [6, 6.07) is 0. The molecule has 0 rings (SSSR count). The monoisotopic (exact) mass is 246 g/mol. The average Bonchev–Trinajstić information content (AvgIpc) is 1.96. The molecule has 0 spiro atoms. The van der Waals surface area contributed by atoms with Crippen molar-refractivity contribution in [3.05, 3.63) is 0 Å². The molecule has 1 atom stereocenters. The van der Waals surface area contributed by atoms with Crippen LogP contribution in [-0.2, 0) is 14.4 Å². The number of carboxylic acids is 1. The summed E-state index contributed by atoms with van der Waals surface area (Å²) in [5, 5.41) is 18.9. The van der Waals surface area contributed by atoms with Crippen LogP contribution >= 0.6 is 0 Å². The Kier molecular flexibility index (Phi) is 4.97. The van der Waals surface area contributed by atoms with E-state index in [1.807, 2.05) is 0 Å². The van der Waals surface area contributed by atoms with Gasteiger partial charge in [-0.1, -0.05) is 0 Å². The van der Waals surface area contributed by atoms with Gasteiger partial charge in [-0.25, -0.2) is 0 Å². The van der Waals surface area contributed by atoms with Crippen molar-refractivity contribution in [1.82, 2.24) is 0 Å². The number of rotatable bonds is 7. The topological polar surface area (TPSA) is 91.7 Å². The predicted molar refractivity (Wildman–Crippen MR) is 60.4 cm³/mol. The van der Waals surface area contributed by atoms with Crippen molar-refractivity contribution < 1.29 is 29.1 Å². The largest absolute Gasteiger partial charge is 0.481 e. The average molecular weight is 246 g/mol. The fraction of sp³-hybridized carbons (Fsp3) is 0.727. The second-order valence-corrected chi connectivity index (χ2v) is 5.35. The van der Waals surface area contributed by atoms with Gasteiger partial charge in [0.2, 0.25) is 0 Å². The Bertz CT molecular complexity index is 331. The highest BCUT2D eigenvalue weighted by atomic mass is 16.4. The summed E-state index contributed by atoms with van der Waals surface area (Å²) < 4.78 is 0.230. The molecule has 6 heteroatoms. The lowest BCUT2D eigenvalue weighted by atomic mass is 9.90. The lowest BCUT2D eigenvalue weighted by Crippen LogP contribution is -2.55. The number of carbonyl (C=O) groups excluding carboxylic acids is 2. The summed E-state index contributed by atoms with van der Waals surface area (Å²) in [5.41, 5.74) is -1.99. The molecule has 17 heavy (non-hydrogen) atoms. The zero-order chi connectivity index (χ0) is 13.9. The molecule has 0 aliphatic carbocycles. The van der Waals surface area contributed by atoms with Gasteiger partial charge >= 0.3 is 5.97 Å². The second kappa shape index (κ2) is 5.37. The van der Waals surface area contributed by atoms with Crippen LogP contribution in [0.5, 0.6) is 0 Å². The van der Waals surface area contributed by atoms with Gasteiger partial charge in [0.05, 0.1) is 34.0 Å². The first kappa shape index (κ1) is 15.7. The molecule has 98 valence electrons. The molecule has 0 saturated heterocycles. The van der Waals surface area contributed by atoms with Crippen LogP contribution in [0.4, 0.5) is 0 Å². The summed E-state index contributed by atoms with van der Waals surface area (Å²) in [4.78, 5) is 33.3. The highest BCUT2D eigenvalue weighted by Crippen LogP contribution is 2.18. The van der Waals surface area contributed by atoms with E-state index >= 15 is 0 Å². The van der Waals surface area contributed by atoms with Gasteiger partial charge in [-0.2, -0.15) is 0 Å². The SMILES string of the molecule is CC(=O)CC(=O)[C@@](O)(CC(=O)O)C[N+](C)(C)C. The van der Waals surface area contributed by atoms with Crippen LogP contribution in [0.2, 0.25) is 0 Å². The molecule has 0 aromatic carbocycles. The van der Waals surface area contributed by atoms with Gasteiger partial charge < -0.3 is 14.7 Å². The Labute approximate surface area is 100 Å². The number of likely N-dealkylation sites (N-methyl/N-ethyl adjacent to an activating group) is 1. The molecule has 0 unspecified atom stereocenters. The van der Waals surface area contributed by atoms with Crippen molar-refractivity contribution in [2.45, 2.75) is 25.4 Å². The van der Waals surface area contributed by atoms with E-state index in [1.165, 1.54) is 6.92 Å². The van der Waals surface area contributed by atoms with E-state index in [4.69, 9.17) is 5.11 Å². The minimum Gasteiger partial charge on any atom is -0.481 e. The summed E-state index contributed by atoms with van der Waals surface area (Å²) in [5.74, 6) is -2.39. The zero-order valence-corrected chi connectivity index (χ0v) is 10.7. The lowest BCUT2D eigenvalue weighted by Gasteiger charge is -2.33. The molecule has 2 N–H and O–H groups in total. The van der Waals surface area contributed by atoms with Gasteiger partial charge in [0.15, 0.2) is 11.4 Å². The van der Waals surface area contributed by atoms with Gasteiger partial charge in [-0.15, -0.1) is 0 Å². The maximum atomic E-state index is 11.7. The van der Waals surface area contributed by atoms with Crippen LogP contribution in [0, 0.1) is 0 Å². The van der Waals surface area contributed by atoms with Crippen LogP contribution in [0.3, 0.4) is 0 Å². The summed E-state index contributed by atoms with van der Waals surface area (Å²) >= 11 is 0. The van der Waals surface area contributed by atoms with Crippen molar-refractivity contribution in [3.8, 4) is 0 Å². The second-order valence-electron chi connectivity index (χ2n) is 5.35. The molecule has 0 aliphatic heterocycles. The van der Waals surface area contributed by atoms with E-state index in [9.17, 15) is 19.5 Å². The molecular weight excluding hydrogens is 226 g/mol. The molecule has 0 radical (unpaired) electrons. The molecule has 0 fully saturated rings. The predicted octanol–water partition coefficient (Wildman–Crippen LogP) is -0.553. The van der Waals surface area contributed by atoms with Crippen molar-refractivity contribution in [3.63, 3.8) is 0 Å². The molecule has 0 heterocycles. The molecule has 0 amide bonds. The maximum absolute atomic E-state index is 11.7. The number of hydrogen-bond acceptors (Lipinski definition) is 4. The van der Waals surface area contributed by atoms with E-state index in [2.05, 4.69) is 0 Å². The van der Waals surface area contributed by atoms with Crippen LogP contribution in [0.15, 0.2) is 0 Å². The summed E-state index contributed by atoms with van der Waals surface area (Å²) in [7, 11) is 5.19. The van der Waals surface area contributed by atoms with Crippen LogP contribution < -0.4 is 0 Å². The Morgan fingerprint density at radius 1 is 1.18 bits per heavy atom. The number of Topliss-reactive ketones (excluding diaryl/α,β-unsaturated/α-hetero) is 2. The van der Waals surface area contributed by atoms with Crippen molar-refractivity contribution in [2.75, 3.05) is 27.7 Å². The third kappa shape index (κ3) is 6.13. The molecular formula is C11H20NO5+. The van der Waals surface area contributed by atoms with Crippen molar-refractivity contribution >= 4 is 17.5 Å². The zero-order valence-electron chi connectivity index (χ0n) is 10.7. The standard InChI is InChI=1S/C11H19NO5/c1-8(13)5-9(14)11(17,6-10(15)16)7-12(2,3)4/h17H,5-7H2,1-4H3/p+1/t11-/m1/s1. The highest BCUT2D eigenvalue weighted by Gasteiger charge is 2.43. The van der Waals surface area contributed by atoms with Crippen LogP contribution in [0.25, 0.3) is 0 Å². The first-order valence-electron chi connectivity index (χ1n) is 5.24. The normalized spacial score (nSPS) is 15.1. The third-order valence-electron chi connectivity index (χ3n) is 2.11. The Morgan fingerprint density at radius 3 is 1.94 bits per heavy atom. The van der Waals surface area contributed by atoms with Gasteiger partial charge in [-0.3, -0.25) is 14.4 Å². The van der Waals surface area contributed by atoms with Crippen LogP contribution in [-0.4, -0.2) is 65.5 Å². The fourth-order valence-electron chi connectivity index (χ4n) is 1.67. The third-order valence-corrected chi connectivity index (χ3v) is 2.11. The molecule has 0 bridgehead atoms. The number of aliphatic carboxylic acids is 1. The Morgan fingerprint density at radius 2 is 1.65 bits per heavy atom. The molecule has 6 nitrogen and oxygen atoms in total. The van der Waals surface area contributed by atoms with E-state index < -0.39 is 30.2 Å². The summed E-state index contributed by atoms with van der Waals surface area (Å²) in [6.45, 7) is 1.18. The van der Waals surface area contributed by atoms with E-state index in [0.717, 1.165) is 0 Å². The van der Waals surface area contributed by atoms with Crippen molar-refractivity contribution in [2.24, 2.45) is 0 Å². The first-order chi connectivity index (χ1) is 7.46. The van der Waals surface area contributed by atoms with Gasteiger partial charge in [-0.05, 0) is 6.92 Å². The molecule has 0 aromatic rings. The number of ketones is 2. The number of carboxylic acid groups (broad SMARTS) is 1. The maximum Gasteiger partial charge on any atom is 0.306 e. The smallest absolute Gasteiger partial charge is 0.306 e. The molecule has 0 aliphatic rings. The number of nitrogens with zero attached hydrogens (tertiary/aromatic N) is 1. The van der Waals surface area contributed by atoms with Gasteiger partial charge in [0, 0.05) is 0 Å². The van der Waals surface area contributed by atoms with E-state index in [0.29, 0.717) is 0 Å². The number of carbonyl (C=O) groups is 3. The molecule has 0 aromatic heterocycles.